The highest BCUT2D eigenvalue weighted by Crippen LogP contribution is 2.24. The van der Waals surface area contributed by atoms with Crippen LogP contribution >= 0.6 is 0 Å². The van der Waals surface area contributed by atoms with Crippen LogP contribution < -0.4 is 9.64 Å². The van der Waals surface area contributed by atoms with Gasteiger partial charge in [-0.25, -0.2) is 0 Å². The third kappa shape index (κ3) is 4.97. The number of likely N-dealkylation sites (tertiary alicyclic amines) is 1. The van der Waals surface area contributed by atoms with E-state index in [1.807, 2.05) is 30.3 Å². The lowest BCUT2D eigenvalue weighted by molar-refractivity contribution is -0.130. The molecule has 1 saturated heterocycles. The normalized spacial score (nSPS) is 15.6. The summed E-state index contributed by atoms with van der Waals surface area (Å²) in [5.74, 6) is -0.0500. The molecule has 0 aliphatic carbocycles. The Morgan fingerprint density at radius 2 is 1.77 bits per heavy atom. The van der Waals surface area contributed by atoms with Crippen LogP contribution in [0.3, 0.4) is 0 Å². The second-order valence-corrected chi connectivity index (χ2v) is 7.57. The van der Waals surface area contributed by atoms with Gasteiger partial charge in [0.25, 0.3) is 11.8 Å². The van der Waals surface area contributed by atoms with Crippen molar-refractivity contribution in [3.8, 4) is 5.75 Å². The Bertz CT molecular complexity index is 914. The van der Waals surface area contributed by atoms with Crippen LogP contribution in [0, 0.1) is 5.92 Å². The summed E-state index contributed by atoms with van der Waals surface area (Å²) in [6.45, 7) is 0.831. The molecule has 0 unspecified atom stereocenters. The van der Waals surface area contributed by atoms with Crippen LogP contribution in [0.5, 0.6) is 5.75 Å². The Kier molecular flexibility index (Phi) is 6.72. The molecule has 1 heterocycles. The fourth-order valence-electron chi connectivity index (χ4n) is 3.37. The van der Waals surface area contributed by atoms with E-state index in [0.29, 0.717) is 30.8 Å². The van der Waals surface area contributed by atoms with Crippen molar-refractivity contribution in [1.29, 1.82) is 0 Å². The van der Waals surface area contributed by atoms with Gasteiger partial charge in [-0.1, -0.05) is 24.3 Å². The lowest BCUT2D eigenvalue weighted by atomic mass is 10.1. The van der Waals surface area contributed by atoms with E-state index in [-0.39, 0.29) is 30.2 Å². The first-order valence-electron chi connectivity index (χ1n) is 9.91. The summed E-state index contributed by atoms with van der Waals surface area (Å²) in [4.78, 5) is 42.3. The minimum Gasteiger partial charge on any atom is -0.484 e. The molecule has 0 saturated carbocycles. The zero-order valence-corrected chi connectivity index (χ0v) is 17.6. The molecule has 0 bridgehead atoms. The smallest absolute Gasteiger partial charge is 0.259 e. The van der Waals surface area contributed by atoms with Crippen molar-refractivity contribution in [3.63, 3.8) is 0 Å². The molecule has 3 rings (SSSR count). The molecule has 3 amide bonds. The first kappa shape index (κ1) is 21.4. The standard InChI is InChI=1S/C23H27N3O4/c1-24(2)21(27)16-30-20-11-7-8-17(14-20)23(29)26-13-12-18(15-26)22(28)25(3)19-9-5-4-6-10-19/h4-11,14,18H,12-13,15-16H2,1-3H3/t18-/m0/s1. The van der Waals surface area contributed by atoms with Crippen molar-refractivity contribution in [1.82, 2.24) is 9.80 Å². The molecule has 2 aromatic carbocycles. The average Bonchev–Trinajstić information content (AvgIpc) is 3.26. The zero-order chi connectivity index (χ0) is 21.7. The van der Waals surface area contributed by atoms with Gasteiger partial charge in [0.2, 0.25) is 5.91 Å². The molecule has 0 N–H and O–H groups in total. The molecule has 158 valence electrons. The van der Waals surface area contributed by atoms with E-state index in [4.69, 9.17) is 4.74 Å². The van der Waals surface area contributed by atoms with Crippen molar-refractivity contribution in [2.24, 2.45) is 5.92 Å². The molecule has 1 aliphatic rings. The predicted octanol–water partition coefficient (Wildman–Crippen LogP) is 2.28. The summed E-state index contributed by atoms with van der Waals surface area (Å²) in [5.41, 5.74) is 1.32. The third-order valence-corrected chi connectivity index (χ3v) is 5.24. The number of amides is 3. The molecule has 1 atom stereocenters. The highest BCUT2D eigenvalue weighted by Gasteiger charge is 2.33. The number of anilines is 1. The molecule has 7 nitrogen and oxygen atoms in total. The van der Waals surface area contributed by atoms with Gasteiger partial charge in [0, 0.05) is 45.5 Å². The number of hydrogen-bond acceptors (Lipinski definition) is 4. The molecule has 0 spiro atoms. The van der Waals surface area contributed by atoms with Crippen LogP contribution in [0.2, 0.25) is 0 Å². The molecule has 0 aromatic heterocycles. The average molecular weight is 409 g/mol. The lowest BCUT2D eigenvalue weighted by Crippen LogP contribution is -2.36. The SMILES string of the molecule is CN(C)C(=O)COc1cccc(C(=O)N2CC[C@H](C(=O)N(C)c3ccccc3)C2)c1. The summed E-state index contributed by atoms with van der Waals surface area (Å²) >= 11 is 0. The second kappa shape index (κ2) is 9.43. The van der Waals surface area contributed by atoms with Crippen LogP contribution in [0.25, 0.3) is 0 Å². The molecule has 0 radical (unpaired) electrons. The maximum absolute atomic E-state index is 12.9. The fraction of sp³-hybridized carbons (Fsp3) is 0.348. The number of hydrogen-bond donors (Lipinski definition) is 0. The van der Waals surface area contributed by atoms with Gasteiger partial charge < -0.3 is 19.4 Å². The van der Waals surface area contributed by atoms with Gasteiger partial charge in [-0.2, -0.15) is 0 Å². The molecule has 30 heavy (non-hydrogen) atoms. The van der Waals surface area contributed by atoms with Gasteiger partial charge in [0.15, 0.2) is 6.61 Å². The van der Waals surface area contributed by atoms with E-state index in [1.165, 1.54) is 4.90 Å². The van der Waals surface area contributed by atoms with Crippen LogP contribution in [-0.4, -0.2) is 68.4 Å². The lowest BCUT2D eigenvalue weighted by Gasteiger charge is -2.22. The van der Waals surface area contributed by atoms with E-state index in [2.05, 4.69) is 0 Å². The first-order valence-corrected chi connectivity index (χ1v) is 9.91. The predicted molar refractivity (Wildman–Crippen MR) is 114 cm³/mol. The number of likely N-dealkylation sites (N-methyl/N-ethyl adjacent to an activating group) is 1. The minimum absolute atomic E-state index is 0.00998. The Labute approximate surface area is 176 Å². The Morgan fingerprint density at radius 1 is 1.03 bits per heavy atom. The van der Waals surface area contributed by atoms with E-state index in [0.717, 1.165) is 5.69 Å². The van der Waals surface area contributed by atoms with Crippen molar-refractivity contribution in [2.75, 3.05) is 45.7 Å². The largest absolute Gasteiger partial charge is 0.484 e. The second-order valence-electron chi connectivity index (χ2n) is 7.57. The van der Waals surface area contributed by atoms with Gasteiger partial charge in [-0.05, 0) is 36.8 Å². The topological polar surface area (TPSA) is 70.2 Å². The number of rotatable bonds is 6. The molecule has 1 aliphatic heterocycles. The number of para-hydroxylation sites is 1. The maximum Gasteiger partial charge on any atom is 0.259 e. The van der Waals surface area contributed by atoms with Crippen LogP contribution in [0.4, 0.5) is 5.69 Å². The molecular formula is C23H27N3O4. The summed E-state index contributed by atoms with van der Waals surface area (Å²) in [5, 5.41) is 0. The summed E-state index contributed by atoms with van der Waals surface area (Å²) in [7, 11) is 5.08. The number of nitrogens with zero attached hydrogens (tertiary/aromatic N) is 3. The quantitative estimate of drug-likeness (QED) is 0.734. The highest BCUT2D eigenvalue weighted by molar-refractivity contribution is 5.97. The summed E-state index contributed by atoms with van der Waals surface area (Å²) in [6.07, 6.45) is 0.634. The van der Waals surface area contributed by atoms with Gasteiger partial charge >= 0.3 is 0 Å². The third-order valence-electron chi connectivity index (χ3n) is 5.24. The Morgan fingerprint density at radius 3 is 2.47 bits per heavy atom. The van der Waals surface area contributed by atoms with Gasteiger partial charge in [-0.3, -0.25) is 14.4 Å². The van der Waals surface area contributed by atoms with Crippen LogP contribution in [-0.2, 0) is 9.59 Å². The molecule has 7 heteroatoms. The molecule has 1 fully saturated rings. The maximum atomic E-state index is 12.9. The fourth-order valence-corrected chi connectivity index (χ4v) is 3.37. The van der Waals surface area contributed by atoms with Gasteiger partial charge in [0.05, 0.1) is 5.92 Å². The van der Waals surface area contributed by atoms with Crippen molar-refractivity contribution >= 4 is 23.4 Å². The number of benzene rings is 2. The summed E-state index contributed by atoms with van der Waals surface area (Å²) in [6, 6.07) is 16.3. The Balaban J connectivity index is 1.61. The summed E-state index contributed by atoms with van der Waals surface area (Å²) < 4.78 is 5.50. The van der Waals surface area contributed by atoms with E-state index < -0.39 is 0 Å². The number of carbonyl (C=O) groups excluding carboxylic acids is 3. The number of ether oxygens (including phenoxy) is 1. The van der Waals surface area contributed by atoms with Crippen molar-refractivity contribution < 1.29 is 19.1 Å². The Hall–Kier alpha value is -3.35. The van der Waals surface area contributed by atoms with Gasteiger partial charge in [-0.15, -0.1) is 0 Å². The first-order chi connectivity index (χ1) is 14.4. The highest BCUT2D eigenvalue weighted by atomic mass is 16.5. The van der Waals surface area contributed by atoms with Crippen molar-refractivity contribution in [2.45, 2.75) is 6.42 Å². The van der Waals surface area contributed by atoms with Gasteiger partial charge in [0.1, 0.15) is 5.75 Å². The molecular weight excluding hydrogens is 382 g/mol. The van der Waals surface area contributed by atoms with E-state index in [1.54, 1.807) is 55.2 Å². The number of carbonyl (C=O) groups is 3. The van der Waals surface area contributed by atoms with Crippen LogP contribution in [0.15, 0.2) is 54.6 Å². The van der Waals surface area contributed by atoms with E-state index in [9.17, 15) is 14.4 Å². The monoisotopic (exact) mass is 409 g/mol. The van der Waals surface area contributed by atoms with Crippen LogP contribution in [0.1, 0.15) is 16.8 Å². The molecule has 2 aromatic rings. The van der Waals surface area contributed by atoms with E-state index >= 15 is 0 Å². The van der Waals surface area contributed by atoms with Crippen molar-refractivity contribution in [3.05, 3.63) is 60.2 Å². The minimum atomic E-state index is -0.226. The zero-order valence-electron chi connectivity index (χ0n) is 17.6.